The number of rotatable bonds is 4. The largest absolute Gasteiger partial charge is 0.245 e. The summed E-state index contributed by atoms with van der Waals surface area (Å²) in [4.78, 5) is 9.14. The fraction of sp³-hybridized carbons (Fsp3) is 0.0455. The van der Waals surface area contributed by atoms with Crippen LogP contribution in [0.3, 0.4) is 0 Å². The molecule has 1 aromatic heterocycles. The highest BCUT2D eigenvalue weighted by molar-refractivity contribution is 6.33. The Bertz CT molecular complexity index is 1160. The minimum absolute atomic E-state index is 0.205. The lowest BCUT2D eigenvalue weighted by molar-refractivity contribution is 0.626. The molecule has 4 rings (SSSR count). The van der Waals surface area contributed by atoms with E-state index in [9.17, 15) is 4.39 Å². The van der Waals surface area contributed by atoms with Gasteiger partial charge in [-0.15, -0.1) is 0 Å². The van der Waals surface area contributed by atoms with Crippen LogP contribution in [0.4, 0.5) is 10.3 Å². The minimum atomic E-state index is -0.446. The molecule has 0 saturated heterocycles. The summed E-state index contributed by atoms with van der Waals surface area (Å²) >= 11 is 6.02. The molecule has 28 heavy (non-hydrogen) atoms. The van der Waals surface area contributed by atoms with Gasteiger partial charge in [0.1, 0.15) is 5.82 Å². The number of hydrogen-bond acceptors (Lipinski definition) is 4. The SMILES string of the molecule is Cc1ccc2nc(N/N=C/c3c(F)cccc3Cl)nc(-c3ccccc3)c2c1. The van der Waals surface area contributed by atoms with Crippen molar-refractivity contribution in [2.24, 2.45) is 5.10 Å². The first-order valence-electron chi connectivity index (χ1n) is 8.69. The first-order valence-corrected chi connectivity index (χ1v) is 9.06. The van der Waals surface area contributed by atoms with Crippen molar-refractivity contribution in [3.05, 3.63) is 88.7 Å². The number of fused-ring (bicyclic) bond motifs is 1. The van der Waals surface area contributed by atoms with Gasteiger partial charge in [-0.1, -0.05) is 59.6 Å². The number of nitrogens with one attached hydrogen (secondary N) is 1. The molecule has 0 atom stereocenters. The van der Waals surface area contributed by atoms with Gasteiger partial charge >= 0.3 is 0 Å². The molecule has 1 heterocycles. The Labute approximate surface area is 166 Å². The van der Waals surface area contributed by atoms with E-state index in [-0.39, 0.29) is 10.6 Å². The number of benzene rings is 3. The molecule has 0 bridgehead atoms. The molecule has 4 aromatic rings. The van der Waals surface area contributed by atoms with E-state index in [0.29, 0.717) is 5.95 Å². The van der Waals surface area contributed by atoms with Crippen molar-refractivity contribution in [1.29, 1.82) is 0 Å². The van der Waals surface area contributed by atoms with Crippen LogP contribution in [0.5, 0.6) is 0 Å². The summed E-state index contributed by atoms with van der Waals surface area (Å²) in [5, 5.41) is 5.31. The average molecular weight is 391 g/mol. The molecule has 138 valence electrons. The van der Waals surface area contributed by atoms with Gasteiger partial charge < -0.3 is 0 Å². The molecular formula is C22H16ClFN4. The third-order valence-corrected chi connectivity index (χ3v) is 4.59. The number of nitrogens with zero attached hydrogens (tertiary/aromatic N) is 3. The molecule has 0 aliphatic carbocycles. The van der Waals surface area contributed by atoms with E-state index in [1.165, 1.54) is 12.3 Å². The van der Waals surface area contributed by atoms with Gasteiger partial charge in [0.15, 0.2) is 0 Å². The molecule has 0 radical (unpaired) electrons. The maximum atomic E-state index is 13.9. The van der Waals surface area contributed by atoms with Crippen LogP contribution in [0.25, 0.3) is 22.2 Å². The van der Waals surface area contributed by atoms with E-state index < -0.39 is 5.82 Å². The van der Waals surface area contributed by atoms with E-state index in [2.05, 4.69) is 26.6 Å². The second kappa shape index (κ2) is 7.74. The van der Waals surface area contributed by atoms with Crippen LogP contribution in [0.15, 0.2) is 71.8 Å². The van der Waals surface area contributed by atoms with Crippen LogP contribution in [0, 0.1) is 12.7 Å². The summed E-state index contributed by atoms with van der Waals surface area (Å²) < 4.78 is 13.9. The molecule has 0 saturated carbocycles. The Morgan fingerprint density at radius 1 is 1.00 bits per heavy atom. The quantitative estimate of drug-likeness (QED) is 0.351. The van der Waals surface area contributed by atoms with Crippen LogP contribution < -0.4 is 5.43 Å². The summed E-state index contributed by atoms with van der Waals surface area (Å²) in [5.41, 5.74) is 6.69. The summed E-state index contributed by atoms with van der Waals surface area (Å²) in [7, 11) is 0. The number of hydrazone groups is 1. The Balaban J connectivity index is 1.74. The molecule has 0 unspecified atom stereocenters. The van der Waals surface area contributed by atoms with E-state index in [1.54, 1.807) is 12.1 Å². The van der Waals surface area contributed by atoms with Gasteiger partial charge in [0.05, 0.1) is 22.4 Å². The second-order valence-electron chi connectivity index (χ2n) is 6.29. The number of aryl methyl sites for hydroxylation is 1. The standard InChI is InChI=1S/C22H16ClFN4/c1-14-10-11-20-16(12-14)21(15-6-3-2-4-7-15)27-22(26-20)28-25-13-17-18(23)8-5-9-19(17)24/h2-13H,1H3,(H,26,27,28)/b25-13+. The normalized spacial score (nSPS) is 11.2. The molecular weight excluding hydrogens is 375 g/mol. The summed E-state index contributed by atoms with van der Waals surface area (Å²) in [5.74, 6) is -0.128. The minimum Gasteiger partial charge on any atom is -0.245 e. The predicted molar refractivity (Wildman–Crippen MR) is 112 cm³/mol. The van der Waals surface area contributed by atoms with Crippen LogP contribution >= 0.6 is 11.6 Å². The Kier molecular flexibility index (Phi) is 5.00. The van der Waals surface area contributed by atoms with Gasteiger partial charge in [0.2, 0.25) is 5.95 Å². The number of hydrogen-bond donors (Lipinski definition) is 1. The van der Waals surface area contributed by atoms with Crippen LogP contribution in [0.2, 0.25) is 5.02 Å². The van der Waals surface area contributed by atoms with Gasteiger partial charge in [-0.25, -0.2) is 19.8 Å². The monoisotopic (exact) mass is 390 g/mol. The fourth-order valence-electron chi connectivity index (χ4n) is 2.90. The van der Waals surface area contributed by atoms with Crippen LogP contribution in [-0.2, 0) is 0 Å². The third-order valence-electron chi connectivity index (χ3n) is 4.26. The van der Waals surface area contributed by atoms with Gasteiger partial charge in [0, 0.05) is 16.5 Å². The first-order chi connectivity index (χ1) is 13.6. The topological polar surface area (TPSA) is 50.2 Å². The summed E-state index contributed by atoms with van der Waals surface area (Å²) in [6.45, 7) is 2.03. The molecule has 0 spiro atoms. The van der Waals surface area contributed by atoms with Gasteiger partial charge in [-0.3, -0.25) is 0 Å². The van der Waals surface area contributed by atoms with Crippen molar-refractivity contribution in [2.75, 3.05) is 5.43 Å². The lowest BCUT2D eigenvalue weighted by atomic mass is 10.0. The highest BCUT2D eigenvalue weighted by atomic mass is 35.5. The highest BCUT2D eigenvalue weighted by Gasteiger charge is 2.10. The van der Waals surface area contributed by atoms with E-state index in [4.69, 9.17) is 11.6 Å². The Hall–Kier alpha value is -3.31. The van der Waals surface area contributed by atoms with Gasteiger partial charge in [-0.2, -0.15) is 5.10 Å². The van der Waals surface area contributed by atoms with Crippen molar-refractivity contribution < 1.29 is 4.39 Å². The lowest BCUT2D eigenvalue weighted by Crippen LogP contribution is -2.00. The molecule has 3 aromatic carbocycles. The molecule has 4 nitrogen and oxygen atoms in total. The smallest absolute Gasteiger partial charge is 0.244 e. The van der Waals surface area contributed by atoms with Gasteiger partial charge in [-0.05, 0) is 31.2 Å². The van der Waals surface area contributed by atoms with E-state index in [0.717, 1.165) is 27.7 Å². The predicted octanol–water partition coefficient (Wildman–Crippen LogP) is 5.84. The zero-order valence-corrected chi connectivity index (χ0v) is 15.8. The molecule has 0 aliphatic rings. The maximum Gasteiger partial charge on any atom is 0.244 e. The fourth-order valence-corrected chi connectivity index (χ4v) is 3.11. The van der Waals surface area contributed by atoms with Crippen molar-refractivity contribution >= 4 is 34.7 Å². The van der Waals surface area contributed by atoms with Crippen molar-refractivity contribution in [3.8, 4) is 11.3 Å². The van der Waals surface area contributed by atoms with Crippen LogP contribution in [-0.4, -0.2) is 16.2 Å². The lowest BCUT2D eigenvalue weighted by Gasteiger charge is -2.09. The number of aromatic nitrogens is 2. The van der Waals surface area contributed by atoms with E-state index >= 15 is 0 Å². The molecule has 0 amide bonds. The van der Waals surface area contributed by atoms with E-state index in [1.807, 2.05) is 49.4 Å². The van der Waals surface area contributed by atoms with Crippen LogP contribution in [0.1, 0.15) is 11.1 Å². The third kappa shape index (κ3) is 3.70. The highest BCUT2D eigenvalue weighted by Crippen LogP contribution is 2.28. The van der Waals surface area contributed by atoms with Crippen molar-refractivity contribution in [3.63, 3.8) is 0 Å². The summed E-state index contributed by atoms with van der Waals surface area (Å²) in [6.07, 6.45) is 1.32. The Morgan fingerprint density at radius 2 is 1.82 bits per heavy atom. The molecule has 6 heteroatoms. The molecule has 0 fully saturated rings. The molecule has 1 N–H and O–H groups in total. The number of halogens is 2. The van der Waals surface area contributed by atoms with Gasteiger partial charge in [0.25, 0.3) is 0 Å². The zero-order chi connectivity index (χ0) is 19.5. The maximum absolute atomic E-state index is 13.9. The first kappa shape index (κ1) is 18.1. The second-order valence-corrected chi connectivity index (χ2v) is 6.69. The van der Waals surface area contributed by atoms with Crippen molar-refractivity contribution in [1.82, 2.24) is 9.97 Å². The summed E-state index contributed by atoms with van der Waals surface area (Å²) in [6, 6.07) is 20.4. The zero-order valence-electron chi connectivity index (χ0n) is 15.0. The average Bonchev–Trinajstić information content (AvgIpc) is 2.70. The molecule has 0 aliphatic heterocycles. The Morgan fingerprint density at radius 3 is 2.61 bits per heavy atom. The van der Waals surface area contributed by atoms with Crippen molar-refractivity contribution in [2.45, 2.75) is 6.92 Å². The number of anilines is 1.